The van der Waals surface area contributed by atoms with Gasteiger partial charge in [0.2, 0.25) is 19.9 Å². The number of hydrogen-bond acceptors (Lipinski definition) is 6. The van der Waals surface area contributed by atoms with Gasteiger partial charge < -0.3 is 9.84 Å². The number of fused-ring (bicyclic) bond motifs is 1. The van der Waals surface area contributed by atoms with Gasteiger partial charge in [-0.05, 0) is 73.4 Å². The van der Waals surface area contributed by atoms with Crippen LogP contribution in [0.2, 0.25) is 0 Å². The average molecular weight is 570 g/mol. The van der Waals surface area contributed by atoms with Gasteiger partial charge >= 0.3 is 12.1 Å². The molecule has 0 amide bonds. The van der Waals surface area contributed by atoms with E-state index in [0.717, 1.165) is 6.07 Å². The summed E-state index contributed by atoms with van der Waals surface area (Å²) in [6.07, 6.45) is -5.92. The molecule has 202 valence electrons. The standard InChI is InChI=1S/C25H22F3NO7S2/c1-15(24(30)31)36-19-8-7-16-11-18(12-17(16)13-19)29-38(34,35)23-14-21(9-10-22(23)25(26,27)28)37(32,33)20-5-3-2-4-6-20/h2-10,13-15,18,29H,11-12H2,1H3,(H,30,31). The predicted octanol–water partition coefficient (Wildman–Crippen LogP) is 3.84. The predicted molar refractivity (Wildman–Crippen MR) is 129 cm³/mol. The van der Waals surface area contributed by atoms with Crippen molar-refractivity contribution in [3.63, 3.8) is 0 Å². The van der Waals surface area contributed by atoms with Gasteiger partial charge in [0.15, 0.2) is 6.10 Å². The topological polar surface area (TPSA) is 127 Å². The molecule has 0 bridgehead atoms. The summed E-state index contributed by atoms with van der Waals surface area (Å²) in [7, 11) is -9.12. The molecule has 4 rings (SSSR count). The van der Waals surface area contributed by atoms with Gasteiger partial charge in [-0.3, -0.25) is 0 Å². The summed E-state index contributed by atoms with van der Waals surface area (Å²) >= 11 is 0. The van der Waals surface area contributed by atoms with Crippen molar-refractivity contribution >= 4 is 25.8 Å². The molecule has 0 heterocycles. The zero-order chi connectivity index (χ0) is 27.9. The van der Waals surface area contributed by atoms with Crippen LogP contribution in [0.5, 0.6) is 5.75 Å². The highest BCUT2D eigenvalue weighted by atomic mass is 32.2. The van der Waals surface area contributed by atoms with Gasteiger partial charge in [0.05, 0.1) is 20.2 Å². The molecule has 0 aromatic heterocycles. The summed E-state index contributed by atoms with van der Waals surface area (Å²) in [6, 6.07) is 12.5. The summed E-state index contributed by atoms with van der Waals surface area (Å²) < 4.78 is 101. The maximum absolute atomic E-state index is 13.8. The van der Waals surface area contributed by atoms with E-state index in [-0.39, 0.29) is 23.5 Å². The summed E-state index contributed by atoms with van der Waals surface area (Å²) in [6.45, 7) is 1.34. The molecule has 3 aromatic carbocycles. The first-order chi connectivity index (χ1) is 17.7. The van der Waals surface area contributed by atoms with Gasteiger partial charge in [0, 0.05) is 6.04 Å². The van der Waals surface area contributed by atoms with Crippen LogP contribution in [0.4, 0.5) is 13.2 Å². The second kappa shape index (κ2) is 10.0. The van der Waals surface area contributed by atoms with Crippen LogP contribution in [-0.2, 0) is 43.7 Å². The summed E-state index contributed by atoms with van der Waals surface area (Å²) in [4.78, 5) is 9.04. The number of hydrogen-bond donors (Lipinski definition) is 2. The number of alkyl halides is 3. The Morgan fingerprint density at radius 2 is 1.61 bits per heavy atom. The Morgan fingerprint density at radius 1 is 0.947 bits per heavy atom. The number of aliphatic carboxylic acids is 1. The van der Waals surface area contributed by atoms with E-state index < -0.39 is 59.5 Å². The lowest BCUT2D eigenvalue weighted by Crippen LogP contribution is -2.36. The second-order valence-electron chi connectivity index (χ2n) is 8.73. The Balaban J connectivity index is 1.64. The number of rotatable bonds is 8. The van der Waals surface area contributed by atoms with Gasteiger partial charge in [0.25, 0.3) is 0 Å². The molecule has 0 fully saturated rings. The lowest BCUT2D eigenvalue weighted by molar-refractivity contribution is -0.144. The van der Waals surface area contributed by atoms with Crippen LogP contribution >= 0.6 is 0 Å². The van der Waals surface area contributed by atoms with Crippen molar-refractivity contribution in [1.29, 1.82) is 0 Å². The maximum atomic E-state index is 13.8. The fourth-order valence-electron chi connectivity index (χ4n) is 4.15. The van der Waals surface area contributed by atoms with Gasteiger partial charge in [-0.15, -0.1) is 0 Å². The van der Waals surface area contributed by atoms with Crippen molar-refractivity contribution in [3.05, 3.63) is 83.4 Å². The normalized spacial score (nSPS) is 16.6. The number of benzene rings is 3. The minimum atomic E-state index is -5.06. The van der Waals surface area contributed by atoms with E-state index in [1.165, 1.54) is 37.3 Å². The monoisotopic (exact) mass is 569 g/mol. The third-order valence-corrected chi connectivity index (χ3v) is 9.33. The summed E-state index contributed by atoms with van der Waals surface area (Å²) in [5.41, 5.74) is -0.139. The van der Waals surface area contributed by atoms with Crippen molar-refractivity contribution in [3.8, 4) is 5.75 Å². The molecule has 2 atom stereocenters. The Labute approximate surface area is 217 Å². The lowest BCUT2D eigenvalue weighted by atomic mass is 10.1. The van der Waals surface area contributed by atoms with E-state index >= 15 is 0 Å². The third-order valence-electron chi connectivity index (χ3n) is 6.00. The highest BCUT2D eigenvalue weighted by molar-refractivity contribution is 7.91. The average Bonchev–Trinajstić information content (AvgIpc) is 3.24. The minimum absolute atomic E-state index is 0.108. The second-order valence-corrected chi connectivity index (χ2v) is 12.4. The van der Waals surface area contributed by atoms with Crippen molar-refractivity contribution in [1.82, 2.24) is 4.72 Å². The molecule has 8 nitrogen and oxygen atoms in total. The molecule has 2 unspecified atom stereocenters. The lowest BCUT2D eigenvalue weighted by Gasteiger charge is -2.18. The van der Waals surface area contributed by atoms with Crippen LogP contribution in [-0.4, -0.2) is 40.1 Å². The molecule has 1 aliphatic carbocycles. The van der Waals surface area contributed by atoms with E-state index in [1.807, 2.05) is 0 Å². The zero-order valence-electron chi connectivity index (χ0n) is 19.8. The minimum Gasteiger partial charge on any atom is -0.479 e. The smallest absolute Gasteiger partial charge is 0.417 e. The molecule has 0 saturated carbocycles. The number of carboxylic acid groups (broad SMARTS) is 1. The molecule has 38 heavy (non-hydrogen) atoms. The number of ether oxygens (including phenoxy) is 1. The molecule has 0 radical (unpaired) electrons. The van der Waals surface area contributed by atoms with Crippen molar-refractivity contribution in [2.75, 3.05) is 0 Å². The number of carbonyl (C=O) groups is 1. The summed E-state index contributed by atoms with van der Waals surface area (Å²) in [5.74, 6) is -0.923. The van der Waals surface area contributed by atoms with Crippen LogP contribution in [0, 0.1) is 0 Å². The van der Waals surface area contributed by atoms with Crippen molar-refractivity contribution < 1.29 is 44.6 Å². The highest BCUT2D eigenvalue weighted by Crippen LogP contribution is 2.37. The van der Waals surface area contributed by atoms with E-state index in [0.29, 0.717) is 23.3 Å². The van der Waals surface area contributed by atoms with Crippen LogP contribution in [0.3, 0.4) is 0 Å². The molecule has 0 saturated heterocycles. The van der Waals surface area contributed by atoms with Crippen molar-refractivity contribution in [2.45, 2.75) is 52.8 Å². The Morgan fingerprint density at radius 3 is 2.24 bits per heavy atom. The first-order valence-electron chi connectivity index (χ1n) is 11.2. The molecule has 0 aliphatic heterocycles. The molecule has 0 spiro atoms. The Hall–Kier alpha value is -3.42. The maximum Gasteiger partial charge on any atom is 0.417 e. The van der Waals surface area contributed by atoms with Gasteiger partial charge in [-0.25, -0.2) is 26.4 Å². The number of carboxylic acids is 1. The quantitative estimate of drug-likeness (QED) is 0.422. The van der Waals surface area contributed by atoms with E-state index in [9.17, 15) is 34.8 Å². The fourth-order valence-corrected chi connectivity index (χ4v) is 7.02. The highest BCUT2D eigenvalue weighted by Gasteiger charge is 2.39. The van der Waals surface area contributed by atoms with Crippen LogP contribution in [0.25, 0.3) is 0 Å². The SMILES string of the molecule is CC(Oc1ccc2c(c1)CC(NS(=O)(=O)c1cc(S(=O)(=O)c3ccccc3)ccc1C(F)(F)F)C2)C(=O)O. The van der Waals surface area contributed by atoms with E-state index in [1.54, 1.807) is 18.2 Å². The molecular formula is C25H22F3NO7S2. The largest absolute Gasteiger partial charge is 0.479 e. The zero-order valence-corrected chi connectivity index (χ0v) is 21.4. The third kappa shape index (κ3) is 5.69. The van der Waals surface area contributed by atoms with Gasteiger partial charge in [-0.2, -0.15) is 13.2 Å². The molecule has 3 aromatic rings. The Bertz CT molecular complexity index is 1590. The van der Waals surface area contributed by atoms with Gasteiger partial charge in [0.1, 0.15) is 5.75 Å². The van der Waals surface area contributed by atoms with Gasteiger partial charge in [-0.1, -0.05) is 24.3 Å². The number of sulfonamides is 1. The first kappa shape index (κ1) is 27.6. The van der Waals surface area contributed by atoms with Crippen LogP contribution in [0.15, 0.2) is 81.4 Å². The molecule has 13 heteroatoms. The van der Waals surface area contributed by atoms with E-state index in [4.69, 9.17) is 9.84 Å². The molecule has 1 aliphatic rings. The molecular weight excluding hydrogens is 547 g/mol. The Kier molecular flexibility index (Phi) is 7.30. The first-order valence-corrected chi connectivity index (χ1v) is 14.2. The number of sulfone groups is 1. The summed E-state index contributed by atoms with van der Waals surface area (Å²) in [5, 5.41) is 9.01. The number of halogens is 3. The number of nitrogens with one attached hydrogen (secondary N) is 1. The van der Waals surface area contributed by atoms with Crippen LogP contribution < -0.4 is 9.46 Å². The fraction of sp³-hybridized carbons (Fsp3) is 0.240. The van der Waals surface area contributed by atoms with Crippen LogP contribution in [0.1, 0.15) is 23.6 Å². The molecule has 2 N–H and O–H groups in total. The van der Waals surface area contributed by atoms with Crippen molar-refractivity contribution in [2.24, 2.45) is 0 Å². The van der Waals surface area contributed by atoms with E-state index in [2.05, 4.69) is 4.72 Å².